The van der Waals surface area contributed by atoms with Gasteiger partial charge in [-0.15, -0.1) is 0 Å². The quantitative estimate of drug-likeness (QED) is 0.0377. The number of allylic oxidation sites excluding steroid dienone is 3. The number of carbonyl (C=O) groups excluding carboxylic acids is 1. The van der Waals surface area contributed by atoms with Crippen molar-refractivity contribution in [3.05, 3.63) is 55.8 Å². The van der Waals surface area contributed by atoms with Crippen LogP contribution in [0, 0.1) is 173 Å². The summed E-state index contributed by atoms with van der Waals surface area (Å²) in [6, 6.07) is 0.0591. The Morgan fingerprint density at radius 1 is 0.427 bits per heavy atom. The second-order valence-electron chi connectivity index (χ2n) is 51.0. The van der Waals surface area contributed by atoms with E-state index in [1.165, 1.54) is 193 Å². The van der Waals surface area contributed by atoms with Crippen LogP contribution in [0.25, 0.3) is 20.9 Å². The maximum atomic E-state index is 12.2. The number of aliphatic hydroxyl groups is 6. The number of rotatable bonds is 9. The van der Waals surface area contributed by atoms with Crippen LogP contribution in [0.4, 0.5) is 0 Å². The fourth-order valence-corrected chi connectivity index (χ4v) is 39.3. The molecule has 0 bridgehead atoms. The molecule has 1 saturated heterocycles. The van der Waals surface area contributed by atoms with Gasteiger partial charge in [0.15, 0.2) is 17.4 Å². The molecule has 0 aromatic rings. The van der Waals surface area contributed by atoms with Gasteiger partial charge >= 0.3 is 18.9 Å². The number of nitrogens with zero attached hydrogens (tertiary/aromatic N) is 6. The summed E-state index contributed by atoms with van der Waals surface area (Å²) in [7, 11) is 0. The molecule has 39 atom stereocenters. The third-order valence-electron chi connectivity index (χ3n) is 46.9. The summed E-state index contributed by atoms with van der Waals surface area (Å²) in [5.74, 6) is 15.7. The zero-order chi connectivity index (χ0) is 92.6. The van der Waals surface area contributed by atoms with Gasteiger partial charge in [-0.2, -0.15) is 0 Å². The second-order valence-corrected chi connectivity index (χ2v) is 51.0. The van der Waals surface area contributed by atoms with Gasteiger partial charge in [-0.3, -0.25) is 4.79 Å². The fraction of sp³-hybridized carbons (Fsp3) is 0.938. The molecule has 21 rings (SSSR count). The Kier molecular flexibility index (Phi) is 34.2. The van der Waals surface area contributed by atoms with Gasteiger partial charge in [-0.25, -0.2) is 0 Å². The number of ether oxygens (including phenoxy) is 2. The van der Waals surface area contributed by atoms with E-state index in [-0.39, 0.29) is 84.2 Å². The smallest absolute Gasteiger partial charge is 1.00 e. The van der Waals surface area contributed by atoms with Crippen LogP contribution in [0.2, 0.25) is 0 Å². The number of Topliss-reactive ketones (excluding diaryl/α,β-unsaturated/α-hetero) is 1. The standard InChI is InChI=1S/C21H35N3O2.C21H33N3.C21H37NO2.C21H32O2.C21H34O.C4H8O.C4H10O.Al.Li.4H/c1-4-13-5-6-16-15-11-18(25)21(26)12-14(23-24-22)7-10-20(21,3)17(15)8-9-19(13,16)2;1-4-14-6-8-18-17-7-5-15-13-16(23-24-22)9-11-21(15,3)19(17)10-12-20(14,18)2;1-4-13-5-6-16-15-11-18(23)21(24)12-14(22)7-10-20(21,3)17(15)8-9-19(13,16)2;1-13(22)17-6-7-18-16-5-4-14-12-15(23)8-10-20(14,2)19(16)9-11-21(17,18)3;1-4-14-6-8-18-17-7-5-15-13-16(22)9-11-21(15,3)19(17)10-12-20(14,18)2;1-2-4-5-3-1;1-3-5-4-2;;;;;;/h13-18,25-26H,4-12H2,1-3H3;5,14,16-19H,4,6-13H2,1-3H3;13-18,23-24H,4-12,22H2,1-3H3;4,15-19,23H,5-12H2,1-3H3;5,14,16-19,22H,4,6-13H2,1-3H3;1-4H2;3-4H2,1-2H3;;;;;;/q;;;;;;;;+1;;;;-1/t13-,14+,15-,16-,17-,18+,19+,20+,21-;14-,16+,17-,18-,19-,20+,21-;13-,14+,15-,16-,17-,18+,19+,20+,21-;15-,16-,17+,18-,19-,20-,21+;14-,16-,17-,18-,19-,20+,21-;;;;;;;;/m00000......../s1. The first-order chi connectivity index (χ1) is 61.3. The minimum atomic E-state index is -1.11. The van der Waals surface area contributed by atoms with Crippen LogP contribution in [0.3, 0.4) is 0 Å². The Bertz CT molecular complexity index is 4060. The molecule has 18 fully saturated rings. The zero-order valence-corrected chi connectivity index (χ0v) is 85.8. The van der Waals surface area contributed by atoms with Gasteiger partial charge in [-0.1, -0.05) is 168 Å². The van der Waals surface area contributed by atoms with E-state index < -0.39 is 23.4 Å². The van der Waals surface area contributed by atoms with E-state index in [9.17, 15) is 35.4 Å². The van der Waals surface area contributed by atoms with E-state index in [1.807, 2.05) is 20.8 Å². The average Bonchev–Trinajstić information content (AvgIpc) is 1.32. The Morgan fingerprint density at radius 2 is 0.763 bits per heavy atom. The minimum absolute atomic E-state index is 0. The molecule has 21 aliphatic rings. The number of fused-ring (bicyclic) bond motifs is 25. The summed E-state index contributed by atoms with van der Waals surface area (Å²) in [6.07, 6.45) is 60.3. The van der Waals surface area contributed by atoms with Gasteiger partial charge in [-0.05, 0) is 457 Å². The van der Waals surface area contributed by atoms with Crippen molar-refractivity contribution in [2.75, 3.05) is 26.4 Å². The summed E-state index contributed by atoms with van der Waals surface area (Å²) < 4.78 is 9.78. The Labute approximate surface area is 820 Å². The molecule has 0 unspecified atom stereocenters. The van der Waals surface area contributed by atoms with Crippen LogP contribution >= 0.6 is 0 Å². The van der Waals surface area contributed by atoms with Crippen molar-refractivity contribution >= 4 is 23.1 Å². The van der Waals surface area contributed by atoms with Gasteiger partial charge in [0.05, 0.1) is 35.6 Å². The minimum Gasteiger partial charge on any atom is -1.00 e. The molecule has 738 valence electrons. The molecule has 1 aliphatic heterocycles. The summed E-state index contributed by atoms with van der Waals surface area (Å²) in [6.45, 7) is 43.7. The van der Waals surface area contributed by atoms with E-state index in [2.05, 4.69) is 135 Å². The van der Waals surface area contributed by atoms with Crippen molar-refractivity contribution in [3.8, 4) is 0 Å². The van der Waals surface area contributed by atoms with Crippen LogP contribution in [0.5, 0.6) is 0 Å². The maximum absolute atomic E-state index is 12.2. The normalized spacial score (nSPS) is 50.8. The topological polar surface area (TPSA) is 280 Å². The SMILES string of the molecule is C1CCOC1.CC(=O)[C@H]1CC[C@H]2[C@@H]3CC=C4C[C@@H](O)CC[C@]4(C)[C@H]3CC[C@]12C.CCOCC.CC[C@H]1CC[C@H]2[C@@H]3CC=C4C[C@@H](O)CC[C@]4(C)[C@H]3CC[C@]12C.CC[C@H]1CC[C@H]2[C@@H]3CC=C4C[C@H](N=[N+]=[N-])CC[C@]4(C)[C@H]3CC[C@]12C.CC[C@H]1CC[C@H]2[C@@H]3C[C@@H](O)[C@@]4(O)C[C@H](N)CC[C@]4(C)[C@H]3CC[C@]12C.CC[C@H]1CC[C@H]2[C@@H]3C[C@@H](O)[C@@]4(O)C[C@H](N=[N+]=[N-])CC[C@]4(C)[C@H]3CC[C@]12C.[AlH3].[H-].[Li+]. The predicted octanol–water partition coefficient (Wildman–Crippen LogP) is 22.6. The molecule has 17 saturated carbocycles. The van der Waals surface area contributed by atoms with E-state index in [1.54, 1.807) is 16.7 Å². The third-order valence-corrected chi connectivity index (χ3v) is 46.9. The average molecular weight is 1830 g/mol. The molecule has 0 aromatic carbocycles. The van der Waals surface area contributed by atoms with E-state index in [0.717, 1.165) is 199 Å². The number of ketones is 1. The first kappa shape index (κ1) is 107. The molecule has 20 aliphatic carbocycles. The van der Waals surface area contributed by atoms with Crippen molar-refractivity contribution in [1.29, 1.82) is 0 Å². The Morgan fingerprint density at radius 3 is 1.13 bits per heavy atom. The monoisotopic (exact) mass is 1830 g/mol. The molecule has 16 nitrogen and oxygen atoms in total. The molecule has 0 amide bonds. The first-order valence-corrected chi connectivity index (χ1v) is 55.1. The third kappa shape index (κ3) is 18.6. The molecular formula is C113H193AlLiN7O9. The van der Waals surface area contributed by atoms with Crippen LogP contribution in [-0.4, -0.2) is 134 Å². The number of hydrogen-bond donors (Lipinski definition) is 7. The van der Waals surface area contributed by atoms with Crippen molar-refractivity contribution < 1.29 is 65.2 Å². The van der Waals surface area contributed by atoms with Crippen molar-refractivity contribution in [2.24, 2.45) is 188 Å². The van der Waals surface area contributed by atoms with Crippen molar-refractivity contribution in [3.63, 3.8) is 0 Å². The second kappa shape index (κ2) is 42.1. The number of carbonyl (C=O) groups is 1. The summed E-state index contributed by atoms with van der Waals surface area (Å²) >= 11 is 0. The van der Waals surface area contributed by atoms with E-state index in [0.29, 0.717) is 92.0 Å². The van der Waals surface area contributed by atoms with Gasteiger partial charge in [0.1, 0.15) is 5.78 Å². The number of nitrogens with two attached hydrogens (primary N) is 1. The molecule has 131 heavy (non-hydrogen) atoms. The van der Waals surface area contributed by atoms with Crippen molar-refractivity contribution in [1.82, 2.24) is 0 Å². The predicted molar refractivity (Wildman–Crippen MR) is 533 cm³/mol. The van der Waals surface area contributed by atoms with Crippen LogP contribution in [0.15, 0.2) is 45.2 Å². The van der Waals surface area contributed by atoms with Gasteiger partial charge < -0.3 is 47.3 Å². The fourth-order valence-electron chi connectivity index (χ4n) is 39.3. The largest absolute Gasteiger partial charge is 1.00 e. The molecule has 0 radical (unpaired) electrons. The number of hydrogen-bond acceptors (Lipinski definition) is 12. The Balaban J connectivity index is 0.000000144. The van der Waals surface area contributed by atoms with Crippen LogP contribution in [-0.2, 0) is 14.3 Å². The molecule has 1 heterocycles. The first-order valence-electron chi connectivity index (χ1n) is 55.1. The van der Waals surface area contributed by atoms with Gasteiger partial charge in [0.25, 0.3) is 0 Å². The summed E-state index contributed by atoms with van der Waals surface area (Å²) in [5.41, 5.74) is 29.6. The number of azide groups is 2. The van der Waals surface area contributed by atoms with Crippen LogP contribution in [0.1, 0.15) is 414 Å². The van der Waals surface area contributed by atoms with E-state index in [4.69, 9.17) is 26.3 Å². The molecule has 8 N–H and O–H groups in total. The molecule has 0 aromatic heterocycles. The van der Waals surface area contributed by atoms with Crippen LogP contribution < -0.4 is 24.6 Å². The summed E-state index contributed by atoms with van der Waals surface area (Å²) in [5, 5.41) is 73.3. The summed E-state index contributed by atoms with van der Waals surface area (Å²) in [4.78, 5) is 18.2. The van der Waals surface area contributed by atoms with Gasteiger partial charge in [0.2, 0.25) is 0 Å². The van der Waals surface area contributed by atoms with E-state index >= 15 is 0 Å². The Hall–Kier alpha value is -1.72. The molecular weight excluding hydrogens is 1630 g/mol. The zero-order valence-electron chi connectivity index (χ0n) is 86.8. The number of aliphatic hydroxyl groups excluding tert-OH is 4. The molecule has 0 spiro atoms. The maximum Gasteiger partial charge on any atom is 1.00 e. The van der Waals surface area contributed by atoms with Crippen molar-refractivity contribution in [2.45, 2.75) is 467 Å². The van der Waals surface area contributed by atoms with Gasteiger partial charge in [0, 0.05) is 71.1 Å². The molecule has 18 heteroatoms.